The third-order valence-corrected chi connectivity index (χ3v) is 5.04. The Morgan fingerprint density at radius 1 is 1.00 bits per heavy atom. The van der Waals surface area contributed by atoms with Gasteiger partial charge in [0, 0.05) is 44.4 Å². The SMILES string of the molecule is O=C1CCC(C(=O)N2CCN3CCCCC3C2)CC1. The lowest BCUT2D eigenvalue weighted by atomic mass is 9.87. The van der Waals surface area contributed by atoms with Gasteiger partial charge in [0.05, 0.1) is 0 Å². The second-order valence-corrected chi connectivity index (χ2v) is 6.28. The van der Waals surface area contributed by atoms with Crippen LogP contribution < -0.4 is 0 Å². The molecule has 19 heavy (non-hydrogen) atoms. The van der Waals surface area contributed by atoms with Gasteiger partial charge in [-0.25, -0.2) is 0 Å². The number of hydrogen-bond donors (Lipinski definition) is 0. The number of Topliss-reactive ketones (excluding diaryl/α,β-unsaturated/α-hetero) is 1. The molecule has 1 aliphatic carbocycles. The standard InChI is InChI=1S/C15H24N2O2/c18-14-6-4-12(5-7-14)15(19)17-10-9-16-8-2-1-3-13(16)11-17/h12-13H,1-11H2. The normalized spacial score (nSPS) is 30.2. The molecule has 3 aliphatic rings. The molecule has 0 spiro atoms. The number of rotatable bonds is 1. The van der Waals surface area contributed by atoms with Gasteiger partial charge in [-0.2, -0.15) is 0 Å². The van der Waals surface area contributed by atoms with Crippen molar-refractivity contribution in [2.24, 2.45) is 5.92 Å². The van der Waals surface area contributed by atoms with Crippen molar-refractivity contribution in [3.63, 3.8) is 0 Å². The number of carbonyl (C=O) groups excluding carboxylic acids is 2. The number of piperazine rings is 1. The Hall–Kier alpha value is -0.900. The van der Waals surface area contributed by atoms with E-state index in [0.717, 1.165) is 32.5 Å². The van der Waals surface area contributed by atoms with E-state index in [-0.39, 0.29) is 5.92 Å². The molecule has 4 heteroatoms. The third-order valence-electron chi connectivity index (χ3n) is 5.04. The minimum absolute atomic E-state index is 0.118. The number of carbonyl (C=O) groups is 2. The number of piperidine rings is 1. The molecule has 0 aromatic rings. The molecule has 0 N–H and O–H groups in total. The van der Waals surface area contributed by atoms with Crippen LogP contribution in [-0.2, 0) is 9.59 Å². The number of amides is 1. The van der Waals surface area contributed by atoms with Gasteiger partial charge >= 0.3 is 0 Å². The molecule has 2 heterocycles. The number of hydrogen-bond acceptors (Lipinski definition) is 3. The molecule has 2 saturated heterocycles. The summed E-state index contributed by atoms with van der Waals surface area (Å²) in [5.74, 6) is 0.770. The van der Waals surface area contributed by atoms with Crippen LogP contribution in [0, 0.1) is 5.92 Å². The second-order valence-electron chi connectivity index (χ2n) is 6.28. The minimum atomic E-state index is 0.118. The highest BCUT2D eigenvalue weighted by molar-refractivity contribution is 5.84. The van der Waals surface area contributed by atoms with Crippen LogP contribution in [0.4, 0.5) is 0 Å². The summed E-state index contributed by atoms with van der Waals surface area (Å²) in [4.78, 5) is 28.4. The molecular weight excluding hydrogens is 240 g/mol. The summed E-state index contributed by atoms with van der Waals surface area (Å²) in [5.41, 5.74) is 0. The van der Waals surface area contributed by atoms with E-state index in [1.54, 1.807) is 0 Å². The highest BCUT2D eigenvalue weighted by atomic mass is 16.2. The molecule has 1 saturated carbocycles. The summed E-state index contributed by atoms with van der Waals surface area (Å²) in [7, 11) is 0. The number of fused-ring (bicyclic) bond motifs is 1. The lowest BCUT2D eigenvalue weighted by Crippen LogP contribution is -2.57. The van der Waals surface area contributed by atoms with Crippen molar-refractivity contribution >= 4 is 11.7 Å². The van der Waals surface area contributed by atoms with Crippen LogP contribution in [0.5, 0.6) is 0 Å². The number of ketones is 1. The van der Waals surface area contributed by atoms with E-state index in [1.807, 2.05) is 0 Å². The van der Waals surface area contributed by atoms with Crippen molar-refractivity contribution in [1.82, 2.24) is 9.80 Å². The topological polar surface area (TPSA) is 40.6 Å². The highest BCUT2D eigenvalue weighted by Gasteiger charge is 2.34. The number of nitrogens with zero attached hydrogens (tertiary/aromatic N) is 2. The summed E-state index contributed by atoms with van der Waals surface area (Å²) in [6.45, 7) is 4.07. The molecule has 1 amide bonds. The summed E-state index contributed by atoms with van der Waals surface area (Å²) >= 11 is 0. The van der Waals surface area contributed by atoms with Gasteiger partial charge in [0.1, 0.15) is 5.78 Å². The van der Waals surface area contributed by atoms with Crippen LogP contribution >= 0.6 is 0 Å². The maximum absolute atomic E-state index is 12.5. The maximum Gasteiger partial charge on any atom is 0.225 e. The average Bonchev–Trinajstić information content (AvgIpc) is 2.47. The van der Waals surface area contributed by atoms with E-state index in [4.69, 9.17) is 0 Å². The van der Waals surface area contributed by atoms with E-state index in [1.165, 1.54) is 25.8 Å². The van der Waals surface area contributed by atoms with Crippen LogP contribution in [0.25, 0.3) is 0 Å². The van der Waals surface area contributed by atoms with Gasteiger partial charge in [-0.1, -0.05) is 6.42 Å². The summed E-state index contributed by atoms with van der Waals surface area (Å²) in [5, 5.41) is 0. The van der Waals surface area contributed by atoms with Gasteiger partial charge in [0.2, 0.25) is 5.91 Å². The minimum Gasteiger partial charge on any atom is -0.340 e. The second kappa shape index (κ2) is 5.61. The van der Waals surface area contributed by atoms with E-state index < -0.39 is 0 Å². The van der Waals surface area contributed by atoms with Crippen molar-refractivity contribution in [2.75, 3.05) is 26.2 Å². The molecule has 3 rings (SSSR count). The smallest absolute Gasteiger partial charge is 0.225 e. The van der Waals surface area contributed by atoms with Crippen molar-refractivity contribution in [3.8, 4) is 0 Å². The van der Waals surface area contributed by atoms with Gasteiger partial charge in [-0.15, -0.1) is 0 Å². The Labute approximate surface area is 115 Å². The molecule has 4 nitrogen and oxygen atoms in total. The van der Waals surface area contributed by atoms with Gasteiger partial charge in [-0.05, 0) is 32.2 Å². The van der Waals surface area contributed by atoms with E-state index >= 15 is 0 Å². The lowest BCUT2D eigenvalue weighted by Gasteiger charge is -2.45. The fraction of sp³-hybridized carbons (Fsp3) is 0.867. The fourth-order valence-electron chi connectivity index (χ4n) is 3.80. The first kappa shape index (κ1) is 13.1. The molecule has 2 aliphatic heterocycles. The fourth-order valence-corrected chi connectivity index (χ4v) is 3.80. The monoisotopic (exact) mass is 264 g/mol. The quantitative estimate of drug-likeness (QED) is 0.719. The zero-order valence-corrected chi connectivity index (χ0v) is 11.6. The predicted molar refractivity (Wildman–Crippen MR) is 72.8 cm³/mol. The van der Waals surface area contributed by atoms with Gasteiger partial charge < -0.3 is 4.90 Å². The molecule has 0 radical (unpaired) electrons. The van der Waals surface area contributed by atoms with E-state index in [9.17, 15) is 9.59 Å². The highest BCUT2D eigenvalue weighted by Crippen LogP contribution is 2.26. The molecule has 1 atom stereocenters. The van der Waals surface area contributed by atoms with E-state index in [2.05, 4.69) is 9.80 Å². The van der Waals surface area contributed by atoms with E-state index in [0.29, 0.717) is 30.6 Å². The first-order chi connectivity index (χ1) is 9.24. The molecule has 3 fully saturated rings. The van der Waals surface area contributed by atoms with Crippen molar-refractivity contribution < 1.29 is 9.59 Å². The van der Waals surface area contributed by atoms with Crippen LogP contribution in [-0.4, -0.2) is 53.7 Å². The molecule has 1 unspecified atom stereocenters. The Kier molecular flexibility index (Phi) is 3.87. The van der Waals surface area contributed by atoms with Crippen LogP contribution in [0.3, 0.4) is 0 Å². The zero-order valence-electron chi connectivity index (χ0n) is 11.6. The average molecular weight is 264 g/mol. The maximum atomic E-state index is 12.5. The first-order valence-corrected chi connectivity index (χ1v) is 7.78. The Morgan fingerprint density at radius 2 is 1.79 bits per heavy atom. The Balaban J connectivity index is 1.57. The van der Waals surface area contributed by atoms with Gasteiger partial charge in [0.15, 0.2) is 0 Å². The van der Waals surface area contributed by atoms with Gasteiger partial charge in [-0.3, -0.25) is 14.5 Å². The van der Waals surface area contributed by atoms with Gasteiger partial charge in [0.25, 0.3) is 0 Å². The van der Waals surface area contributed by atoms with Crippen LogP contribution in [0.15, 0.2) is 0 Å². The Morgan fingerprint density at radius 3 is 2.58 bits per heavy atom. The predicted octanol–water partition coefficient (Wildman–Crippen LogP) is 1.44. The van der Waals surface area contributed by atoms with Crippen molar-refractivity contribution in [2.45, 2.75) is 51.0 Å². The molecule has 0 aromatic carbocycles. The first-order valence-electron chi connectivity index (χ1n) is 7.78. The molecule has 106 valence electrons. The van der Waals surface area contributed by atoms with Crippen molar-refractivity contribution in [3.05, 3.63) is 0 Å². The van der Waals surface area contributed by atoms with Crippen LogP contribution in [0.1, 0.15) is 44.9 Å². The third kappa shape index (κ3) is 2.83. The Bertz CT molecular complexity index is 359. The summed E-state index contributed by atoms with van der Waals surface area (Å²) in [6.07, 6.45) is 6.65. The largest absolute Gasteiger partial charge is 0.340 e. The zero-order chi connectivity index (χ0) is 13.2. The van der Waals surface area contributed by atoms with Crippen LogP contribution in [0.2, 0.25) is 0 Å². The van der Waals surface area contributed by atoms with Crippen molar-refractivity contribution in [1.29, 1.82) is 0 Å². The summed E-state index contributed by atoms with van der Waals surface area (Å²) in [6, 6.07) is 0.594. The molecule has 0 aromatic heterocycles. The lowest BCUT2D eigenvalue weighted by molar-refractivity contribution is -0.141. The summed E-state index contributed by atoms with van der Waals surface area (Å²) < 4.78 is 0. The molecular formula is C15H24N2O2. The molecule has 0 bridgehead atoms.